The molecule has 0 radical (unpaired) electrons. The number of sulfonamides is 1. The fourth-order valence-electron chi connectivity index (χ4n) is 4.31. The molecule has 1 amide bonds. The van der Waals surface area contributed by atoms with Gasteiger partial charge in [0.2, 0.25) is 15.9 Å². The quantitative estimate of drug-likeness (QED) is 0.767. The smallest absolute Gasteiger partial charge is 0.322 e. The molecule has 1 saturated carbocycles. The molecule has 0 bridgehead atoms. The standard InChI is InChI=1S/C21H28N4O4S/c1-15-7-5-6-14-25(15)30(27,28)18-12-10-16(11-13-18)19(26)22-21-24-23-20(29-21)17-8-3-2-4-9-17/h10-13,15,17H,2-9,14H2,1H3,(H,22,24,26). The van der Waals surface area contributed by atoms with Crippen LogP contribution >= 0.6 is 0 Å². The molecule has 1 unspecified atom stereocenters. The van der Waals surface area contributed by atoms with Gasteiger partial charge in [-0.15, -0.1) is 5.10 Å². The van der Waals surface area contributed by atoms with Crippen molar-refractivity contribution in [2.45, 2.75) is 75.1 Å². The van der Waals surface area contributed by atoms with Gasteiger partial charge < -0.3 is 4.42 Å². The van der Waals surface area contributed by atoms with Crippen molar-refractivity contribution in [2.75, 3.05) is 11.9 Å². The fourth-order valence-corrected chi connectivity index (χ4v) is 6.01. The molecule has 1 N–H and O–H groups in total. The lowest BCUT2D eigenvalue weighted by Gasteiger charge is -2.32. The van der Waals surface area contributed by atoms with Gasteiger partial charge in [0, 0.05) is 24.1 Å². The van der Waals surface area contributed by atoms with Crippen LogP contribution in [0.1, 0.15) is 80.5 Å². The molecule has 2 aromatic rings. The lowest BCUT2D eigenvalue weighted by atomic mass is 9.89. The van der Waals surface area contributed by atoms with Crippen molar-refractivity contribution < 1.29 is 17.6 Å². The first-order valence-electron chi connectivity index (χ1n) is 10.7. The van der Waals surface area contributed by atoms with Gasteiger partial charge in [-0.05, 0) is 56.9 Å². The Labute approximate surface area is 177 Å². The summed E-state index contributed by atoms with van der Waals surface area (Å²) in [4.78, 5) is 12.7. The zero-order valence-corrected chi connectivity index (χ0v) is 18.0. The van der Waals surface area contributed by atoms with Crippen LogP contribution in [0.4, 0.5) is 6.01 Å². The molecule has 162 valence electrons. The topological polar surface area (TPSA) is 105 Å². The Hall–Kier alpha value is -2.26. The van der Waals surface area contributed by atoms with E-state index >= 15 is 0 Å². The Bertz CT molecular complexity index is 981. The maximum atomic E-state index is 12.9. The fraction of sp³-hybridized carbons (Fsp3) is 0.571. The van der Waals surface area contributed by atoms with Gasteiger partial charge in [-0.2, -0.15) is 4.31 Å². The minimum atomic E-state index is -3.56. The number of piperidine rings is 1. The third-order valence-electron chi connectivity index (χ3n) is 6.08. The summed E-state index contributed by atoms with van der Waals surface area (Å²) in [5, 5.41) is 10.6. The Balaban J connectivity index is 1.42. The highest BCUT2D eigenvalue weighted by Crippen LogP contribution is 2.32. The predicted molar refractivity (Wildman–Crippen MR) is 112 cm³/mol. The maximum Gasteiger partial charge on any atom is 0.322 e. The molecule has 9 heteroatoms. The summed E-state index contributed by atoms with van der Waals surface area (Å²) in [6, 6.07) is 6.03. The van der Waals surface area contributed by atoms with Crippen molar-refractivity contribution >= 4 is 21.9 Å². The van der Waals surface area contributed by atoms with Crippen molar-refractivity contribution in [1.82, 2.24) is 14.5 Å². The molecular formula is C21H28N4O4S. The average Bonchev–Trinajstić information content (AvgIpc) is 3.23. The molecule has 4 rings (SSSR count). The molecule has 30 heavy (non-hydrogen) atoms. The van der Waals surface area contributed by atoms with Crippen LogP contribution in [0.25, 0.3) is 0 Å². The van der Waals surface area contributed by atoms with E-state index < -0.39 is 15.9 Å². The van der Waals surface area contributed by atoms with Crippen molar-refractivity contribution in [1.29, 1.82) is 0 Å². The number of nitrogens with one attached hydrogen (secondary N) is 1. The lowest BCUT2D eigenvalue weighted by molar-refractivity contribution is 0.102. The van der Waals surface area contributed by atoms with Gasteiger partial charge in [0.05, 0.1) is 4.90 Å². The third kappa shape index (κ3) is 4.41. The van der Waals surface area contributed by atoms with Crippen molar-refractivity contribution in [3.05, 3.63) is 35.7 Å². The third-order valence-corrected chi connectivity index (χ3v) is 8.11. The molecule has 1 aromatic carbocycles. The first-order chi connectivity index (χ1) is 14.4. The van der Waals surface area contributed by atoms with Gasteiger partial charge in [0.25, 0.3) is 5.91 Å². The molecular weight excluding hydrogens is 404 g/mol. The van der Waals surface area contributed by atoms with Crippen LogP contribution in [0.15, 0.2) is 33.6 Å². The molecule has 2 aliphatic rings. The number of carbonyl (C=O) groups excluding carboxylic acids is 1. The average molecular weight is 433 g/mol. The van der Waals surface area contributed by atoms with Crippen LogP contribution in [-0.4, -0.2) is 41.4 Å². The molecule has 2 heterocycles. The molecule has 1 aliphatic carbocycles. The SMILES string of the molecule is CC1CCCCN1S(=O)(=O)c1ccc(C(=O)Nc2nnc(C3CCCCC3)o2)cc1. The number of hydrogen-bond acceptors (Lipinski definition) is 6. The number of carbonyl (C=O) groups is 1. The van der Waals surface area contributed by atoms with E-state index in [0.717, 1.165) is 44.9 Å². The minimum Gasteiger partial charge on any atom is -0.408 e. The van der Waals surface area contributed by atoms with E-state index in [1.54, 1.807) is 4.31 Å². The second-order valence-electron chi connectivity index (χ2n) is 8.22. The van der Waals surface area contributed by atoms with E-state index in [1.165, 1.54) is 30.7 Å². The van der Waals surface area contributed by atoms with E-state index in [0.29, 0.717) is 18.0 Å². The molecule has 1 aromatic heterocycles. The molecule has 8 nitrogen and oxygen atoms in total. The van der Waals surface area contributed by atoms with Gasteiger partial charge in [-0.25, -0.2) is 8.42 Å². The Morgan fingerprint density at radius 3 is 2.43 bits per heavy atom. The summed E-state index contributed by atoms with van der Waals surface area (Å²) < 4.78 is 33.0. The number of nitrogens with zero attached hydrogens (tertiary/aromatic N) is 3. The van der Waals surface area contributed by atoms with E-state index in [9.17, 15) is 13.2 Å². The van der Waals surface area contributed by atoms with Crippen molar-refractivity contribution in [2.24, 2.45) is 0 Å². The van der Waals surface area contributed by atoms with Gasteiger partial charge in [0.1, 0.15) is 0 Å². The van der Waals surface area contributed by atoms with Gasteiger partial charge in [0.15, 0.2) is 0 Å². The second kappa shape index (κ2) is 8.85. The number of aromatic nitrogens is 2. The van der Waals surface area contributed by atoms with Crippen LogP contribution in [0.3, 0.4) is 0 Å². The van der Waals surface area contributed by atoms with Crippen LogP contribution in [-0.2, 0) is 10.0 Å². The highest BCUT2D eigenvalue weighted by Gasteiger charge is 2.31. The number of rotatable bonds is 5. The molecule has 1 atom stereocenters. The van der Waals surface area contributed by atoms with Crippen molar-refractivity contribution in [3.8, 4) is 0 Å². The molecule has 1 aliphatic heterocycles. The van der Waals surface area contributed by atoms with Gasteiger partial charge in [-0.3, -0.25) is 10.1 Å². The van der Waals surface area contributed by atoms with Crippen molar-refractivity contribution in [3.63, 3.8) is 0 Å². The number of hydrogen-bond donors (Lipinski definition) is 1. The van der Waals surface area contributed by atoms with E-state index in [1.807, 2.05) is 6.92 Å². The Morgan fingerprint density at radius 1 is 1.03 bits per heavy atom. The Morgan fingerprint density at radius 2 is 1.73 bits per heavy atom. The van der Waals surface area contributed by atoms with E-state index in [-0.39, 0.29) is 22.9 Å². The zero-order valence-electron chi connectivity index (χ0n) is 17.2. The zero-order chi connectivity index (χ0) is 21.1. The maximum absolute atomic E-state index is 12.9. The van der Waals surface area contributed by atoms with Crippen LogP contribution < -0.4 is 5.32 Å². The predicted octanol–water partition coefficient (Wildman–Crippen LogP) is 3.93. The summed E-state index contributed by atoms with van der Waals surface area (Å²) in [6.45, 7) is 2.47. The first kappa shape index (κ1) is 21.0. The summed E-state index contributed by atoms with van der Waals surface area (Å²) in [7, 11) is -3.56. The molecule has 0 spiro atoms. The normalized spacial score (nSPS) is 21.4. The first-order valence-corrected chi connectivity index (χ1v) is 12.2. The number of benzene rings is 1. The largest absolute Gasteiger partial charge is 0.408 e. The summed E-state index contributed by atoms with van der Waals surface area (Å²) in [5.41, 5.74) is 0.332. The number of anilines is 1. The van der Waals surface area contributed by atoms with E-state index in [2.05, 4.69) is 15.5 Å². The van der Waals surface area contributed by atoms with E-state index in [4.69, 9.17) is 4.42 Å². The highest BCUT2D eigenvalue weighted by atomic mass is 32.2. The van der Waals surface area contributed by atoms with Crippen LogP contribution in [0, 0.1) is 0 Å². The second-order valence-corrected chi connectivity index (χ2v) is 10.1. The summed E-state index contributed by atoms with van der Waals surface area (Å²) >= 11 is 0. The van der Waals surface area contributed by atoms with Gasteiger partial charge >= 0.3 is 6.01 Å². The van der Waals surface area contributed by atoms with Crippen LogP contribution in [0.5, 0.6) is 0 Å². The lowest BCUT2D eigenvalue weighted by Crippen LogP contribution is -2.41. The number of amides is 1. The molecule has 2 fully saturated rings. The Kier molecular flexibility index (Phi) is 6.19. The summed E-state index contributed by atoms with van der Waals surface area (Å²) in [6.07, 6.45) is 8.38. The van der Waals surface area contributed by atoms with Crippen LogP contribution in [0.2, 0.25) is 0 Å². The highest BCUT2D eigenvalue weighted by molar-refractivity contribution is 7.89. The van der Waals surface area contributed by atoms with Gasteiger partial charge in [-0.1, -0.05) is 30.8 Å². The monoisotopic (exact) mass is 432 g/mol. The summed E-state index contributed by atoms with van der Waals surface area (Å²) in [5.74, 6) is 0.421. The molecule has 1 saturated heterocycles. The minimum absolute atomic E-state index is 0.0115.